The predicted octanol–water partition coefficient (Wildman–Crippen LogP) is 4.82. The number of benzene rings is 3. The zero-order valence-corrected chi connectivity index (χ0v) is 15.6. The van der Waals surface area contributed by atoms with Gasteiger partial charge in [0, 0.05) is 33.9 Å². The van der Waals surface area contributed by atoms with Crippen molar-refractivity contribution in [3.8, 4) is 0 Å². The predicted molar refractivity (Wildman–Crippen MR) is 112 cm³/mol. The number of nitrogens with zero attached hydrogens (tertiary/aromatic N) is 1. The monoisotopic (exact) mass is 368 g/mol. The van der Waals surface area contributed by atoms with Crippen LogP contribution in [0, 0.1) is 6.92 Å². The van der Waals surface area contributed by atoms with Gasteiger partial charge in [0.15, 0.2) is 5.78 Å². The van der Waals surface area contributed by atoms with Crippen molar-refractivity contribution in [2.24, 2.45) is 0 Å². The Morgan fingerprint density at radius 2 is 1.64 bits per heavy atom. The SMILES string of the molecule is Cc1cccc(NC(=O)Cn2cc(C(=O)c3ccccc3)c3ccccc32)c1. The van der Waals surface area contributed by atoms with E-state index in [1.165, 1.54) is 0 Å². The maximum Gasteiger partial charge on any atom is 0.244 e. The molecule has 138 valence electrons. The van der Waals surface area contributed by atoms with Gasteiger partial charge in [-0.05, 0) is 30.7 Å². The van der Waals surface area contributed by atoms with Crippen LogP contribution in [0.3, 0.4) is 0 Å². The third-order valence-corrected chi connectivity index (χ3v) is 4.68. The smallest absolute Gasteiger partial charge is 0.244 e. The molecule has 1 aromatic heterocycles. The van der Waals surface area contributed by atoms with Gasteiger partial charge < -0.3 is 9.88 Å². The average molecular weight is 368 g/mol. The minimum Gasteiger partial charge on any atom is -0.337 e. The Bertz CT molecular complexity index is 1160. The van der Waals surface area contributed by atoms with Gasteiger partial charge in [-0.3, -0.25) is 9.59 Å². The second-order valence-electron chi connectivity index (χ2n) is 6.80. The number of para-hydroxylation sites is 1. The normalized spacial score (nSPS) is 10.8. The van der Waals surface area contributed by atoms with Gasteiger partial charge in [-0.1, -0.05) is 60.7 Å². The lowest BCUT2D eigenvalue weighted by Crippen LogP contribution is -2.18. The number of carbonyl (C=O) groups is 2. The van der Waals surface area contributed by atoms with E-state index in [1.54, 1.807) is 18.3 Å². The summed E-state index contributed by atoms with van der Waals surface area (Å²) < 4.78 is 1.83. The maximum absolute atomic E-state index is 13.0. The molecule has 3 aromatic carbocycles. The van der Waals surface area contributed by atoms with Crippen molar-refractivity contribution < 1.29 is 9.59 Å². The van der Waals surface area contributed by atoms with Crippen LogP contribution in [0.5, 0.6) is 0 Å². The summed E-state index contributed by atoms with van der Waals surface area (Å²) >= 11 is 0. The molecule has 0 bridgehead atoms. The number of hydrogen-bond acceptors (Lipinski definition) is 2. The molecule has 0 fully saturated rings. The number of hydrogen-bond donors (Lipinski definition) is 1. The summed E-state index contributed by atoms with van der Waals surface area (Å²) in [6.45, 7) is 2.12. The fourth-order valence-corrected chi connectivity index (χ4v) is 3.38. The van der Waals surface area contributed by atoms with Crippen molar-refractivity contribution in [1.82, 2.24) is 4.57 Å². The Morgan fingerprint density at radius 3 is 2.43 bits per heavy atom. The number of ketones is 1. The lowest BCUT2D eigenvalue weighted by Gasteiger charge is -2.08. The van der Waals surface area contributed by atoms with E-state index >= 15 is 0 Å². The van der Waals surface area contributed by atoms with Crippen molar-refractivity contribution in [1.29, 1.82) is 0 Å². The van der Waals surface area contributed by atoms with Crippen molar-refractivity contribution in [2.75, 3.05) is 5.32 Å². The molecule has 1 amide bonds. The highest BCUT2D eigenvalue weighted by molar-refractivity contribution is 6.16. The summed E-state index contributed by atoms with van der Waals surface area (Å²) in [5, 5.41) is 3.77. The van der Waals surface area contributed by atoms with Gasteiger partial charge in [-0.15, -0.1) is 0 Å². The first-order chi connectivity index (χ1) is 13.6. The van der Waals surface area contributed by atoms with Gasteiger partial charge in [0.2, 0.25) is 5.91 Å². The molecule has 0 aliphatic carbocycles. The molecule has 4 aromatic rings. The molecule has 0 radical (unpaired) electrons. The number of nitrogens with one attached hydrogen (secondary N) is 1. The van der Waals surface area contributed by atoms with E-state index in [2.05, 4.69) is 5.32 Å². The highest BCUT2D eigenvalue weighted by Gasteiger charge is 2.17. The first-order valence-corrected chi connectivity index (χ1v) is 9.16. The molecule has 0 atom stereocenters. The highest BCUT2D eigenvalue weighted by Crippen LogP contribution is 2.24. The Morgan fingerprint density at radius 1 is 0.893 bits per heavy atom. The van der Waals surface area contributed by atoms with Crippen molar-refractivity contribution in [3.63, 3.8) is 0 Å². The summed E-state index contributed by atoms with van der Waals surface area (Å²) in [5.74, 6) is -0.181. The number of anilines is 1. The van der Waals surface area contributed by atoms with Gasteiger partial charge in [0.25, 0.3) is 0 Å². The van der Waals surface area contributed by atoms with Crippen LogP contribution in [0.25, 0.3) is 10.9 Å². The standard InChI is InChI=1S/C24H20N2O2/c1-17-8-7-11-19(14-17)25-23(27)16-26-15-21(20-12-5-6-13-22(20)26)24(28)18-9-3-2-4-10-18/h2-15H,16H2,1H3,(H,25,27). The summed E-state index contributed by atoms with van der Waals surface area (Å²) in [5.41, 5.74) is 3.95. The molecule has 1 heterocycles. The number of aryl methyl sites for hydroxylation is 1. The lowest BCUT2D eigenvalue weighted by atomic mass is 10.0. The van der Waals surface area contributed by atoms with E-state index < -0.39 is 0 Å². The van der Waals surface area contributed by atoms with Gasteiger partial charge in [-0.25, -0.2) is 0 Å². The van der Waals surface area contributed by atoms with Crippen LogP contribution >= 0.6 is 0 Å². The molecule has 28 heavy (non-hydrogen) atoms. The molecule has 0 aliphatic rings. The number of amides is 1. The number of fused-ring (bicyclic) bond motifs is 1. The second-order valence-corrected chi connectivity index (χ2v) is 6.80. The van der Waals surface area contributed by atoms with E-state index in [-0.39, 0.29) is 18.2 Å². The second kappa shape index (κ2) is 7.53. The molecule has 0 saturated carbocycles. The third-order valence-electron chi connectivity index (χ3n) is 4.68. The van der Waals surface area contributed by atoms with Gasteiger partial charge in [0.05, 0.1) is 0 Å². The number of rotatable bonds is 5. The Labute approximate surface area is 163 Å². The topological polar surface area (TPSA) is 51.1 Å². The molecule has 0 saturated heterocycles. The van der Waals surface area contributed by atoms with E-state index in [0.717, 1.165) is 22.2 Å². The average Bonchev–Trinajstić information content (AvgIpc) is 3.06. The lowest BCUT2D eigenvalue weighted by molar-refractivity contribution is -0.116. The zero-order chi connectivity index (χ0) is 19.5. The van der Waals surface area contributed by atoms with E-state index in [0.29, 0.717) is 11.1 Å². The summed E-state index contributed by atoms with van der Waals surface area (Å²) in [6, 6.07) is 24.5. The van der Waals surface area contributed by atoms with Crippen LogP contribution in [0.1, 0.15) is 21.5 Å². The van der Waals surface area contributed by atoms with Crippen LogP contribution in [-0.4, -0.2) is 16.3 Å². The van der Waals surface area contributed by atoms with Crippen LogP contribution in [0.2, 0.25) is 0 Å². The van der Waals surface area contributed by atoms with Gasteiger partial charge in [-0.2, -0.15) is 0 Å². The van der Waals surface area contributed by atoms with E-state index in [9.17, 15) is 9.59 Å². The molecule has 0 spiro atoms. The summed E-state index contributed by atoms with van der Waals surface area (Å²) in [6.07, 6.45) is 1.77. The third kappa shape index (κ3) is 3.58. The molecule has 1 N–H and O–H groups in total. The highest BCUT2D eigenvalue weighted by atomic mass is 16.2. The molecular formula is C24H20N2O2. The zero-order valence-electron chi connectivity index (χ0n) is 15.6. The molecule has 0 aliphatic heterocycles. The number of carbonyl (C=O) groups excluding carboxylic acids is 2. The Kier molecular flexibility index (Phi) is 4.77. The molecule has 0 unspecified atom stereocenters. The molecule has 4 rings (SSSR count). The molecule has 4 nitrogen and oxygen atoms in total. The van der Waals surface area contributed by atoms with Crippen LogP contribution < -0.4 is 5.32 Å². The Hall–Kier alpha value is -3.66. The minimum atomic E-state index is -0.134. The van der Waals surface area contributed by atoms with Crippen LogP contribution in [-0.2, 0) is 11.3 Å². The molecule has 4 heteroatoms. The van der Waals surface area contributed by atoms with Gasteiger partial charge >= 0.3 is 0 Å². The quantitative estimate of drug-likeness (QED) is 0.514. The summed E-state index contributed by atoms with van der Waals surface area (Å²) in [7, 11) is 0. The van der Waals surface area contributed by atoms with Crippen molar-refractivity contribution in [3.05, 3.63) is 102 Å². The van der Waals surface area contributed by atoms with E-state index in [4.69, 9.17) is 0 Å². The van der Waals surface area contributed by atoms with Gasteiger partial charge in [0.1, 0.15) is 6.54 Å². The summed E-state index contributed by atoms with van der Waals surface area (Å²) in [4.78, 5) is 25.5. The van der Waals surface area contributed by atoms with Crippen LogP contribution in [0.4, 0.5) is 5.69 Å². The fourth-order valence-electron chi connectivity index (χ4n) is 3.38. The van der Waals surface area contributed by atoms with Crippen molar-refractivity contribution >= 4 is 28.3 Å². The first kappa shape index (κ1) is 17.7. The first-order valence-electron chi connectivity index (χ1n) is 9.16. The fraction of sp³-hybridized carbons (Fsp3) is 0.0833. The van der Waals surface area contributed by atoms with Crippen molar-refractivity contribution in [2.45, 2.75) is 13.5 Å². The Balaban J connectivity index is 1.64. The van der Waals surface area contributed by atoms with Crippen LogP contribution in [0.15, 0.2) is 85.1 Å². The minimum absolute atomic E-state index is 0.0466. The number of aromatic nitrogens is 1. The van der Waals surface area contributed by atoms with E-state index in [1.807, 2.05) is 78.2 Å². The largest absolute Gasteiger partial charge is 0.337 e. The molecular weight excluding hydrogens is 348 g/mol. The maximum atomic E-state index is 13.0.